The Bertz CT molecular complexity index is 384. The largest absolute Gasteiger partial charge is 0.496 e. The van der Waals surface area contributed by atoms with Gasteiger partial charge in [-0.1, -0.05) is 12.1 Å². The molecule has 0 aliphatic carbocycles. The van der Waals surface area contributed by atoms with E-state index in [-0.39, 0.29) is 5.54 Å². The van der Waals surface area contributed by atoms with Crippen molar-refractivity contribution in [2.75, 3.05) is 20.8 Å². The van der Waals surface area contributed by atoms with Gasteiger partial charge in [-0.05, 0) is 37.9 Å². The molecule has 3 heteroatoms. The number of methoxy groups -OCH3 is 2. The van der Waals surface area contributed by atoms with E-state index in [4.69, 9.17) is 9.47 Å². The van der Waals surface area contributed by atoms with E-state index < -0.39 is 0 Å². The summed E-state index contributed by atoms with van der Waals surface area (Å²) in [5, 5.41) is 3.57. The van der Waals surface area contributed by atoms with E-state index in [1.54, 1.807) is 14.2 Å². The van der Waals surface area contributed by atoms with E-state index in [1.165, 1.54) is 18.4 Å². The van der Waals surface area contributed by atoms with Gasteiger partial charge in [-0.15, -0.1) is 0 Å². The van der Waals surface area contributed by atoms with Crippen molar-refractivity contribution >= 4 is 0 Å². The lowest BCUT2D eigenvalue weighted by atomic mass is 9.89. The van der Waals surface area contributed by atoms with Crippen LogP contribution in [0.1, 0.15) is 30.9 Å². The normalized spacial score (nSPS) is 23.9. The van der Waals surface area contributed by atoms with Crippen molar-refractivity contribution in [3.05, 3.63) is 29.3 Å². The molecule has 0 saturated carbocycles. The molecule has 2 rings (SSSR count). The lowest BCUT2D eigenvalue weighted by Crippen LogP contribution is -2.33. The minimum atomic E-state index is 0.0961. The van der Waals surface area contributed by atoms with Gasteiger partial charge in [-0.3, -0.25) is 0 Å². The summed E-state index contributed by atoms with van der Waals surface area (Å²) in [4.78, 5) is 0. The Labute approximate surface area is 103 Å². The average Bonchev–Trinajstić information content (AvgIpc) is 2.78. The van der Waals surface area contributed by atoms with Crippen molar-refractivity contribution in [2.24, 2.45) is 0 Å². The van der Waals surface area contributed by atoms with Crippen LogP contribution in [-0.4, -0.2) is 20.8 Å². The Morgan fingerprint density at radius 3 is 2.76 bits per heavy atom. The number of rotatable bonds is 4. The predicted molar refractivity (Wildman–Crippen MR) is 68.3 cm³/mol. The van der Waals surface area contributed by atoms with E-state index in [9.17, 15) is 0 Å². The van der Waals surface area contributed by atoms with E-state index in [0.29, 0.717) is 6.61 Å². The van der Waals surface area contributed by atoms with Gasteiger partial charge < -0.3 is 14.8 Å². The third kappa shape index (κ3) is 2.45. The number of nitrogens with one attached hydrogen (secondary N) is 1. The summed E-state index contributed by atoms with van der Waals surface area (Å²) in [6, 6.07) is 6.41. The summed E-state index contributed by atoms with van der Waals surface area (Å²) >= 11 is 0. The Morgan fingerprint density at radius 2 is 2.18 bits per heavy atom. The van der Waals surface area contributed by atoms with Gasteiger partial charge >= 0.3 is 0 Å². The first-order valence-corrected chi connectivity index (χ1v) is 6.11. The zero-order valence-electron chi connectivity index (χ0n) is 10.9. The SMILES string of the molecule is COCc1ccc(C2(C)CCCN2)cc1OC. The fourth-order valence-corrected chi connectivity index (χ4v) is 2.50. The highest BCUT2D eigenvalue weighted by Gasteiger charge is 2.30. The minimum Gasteiger partial charge on any atom is -0.496 e. The molecule has 0 amide bonds. The second kappa shape index (κ2) is 5.07. The highest BCUT2D eigenvalue weighted by molar-refractivity contribution is 5.40. The lowest BCUT2D eigenvalue weighted by molar-refractivity contribution is 0.181. The minimum absolute atomic E-state index is 0.0961. The summed E-state index contributed by atoms with van der Waals surface area (Å²) in [5.74, 6) is 0.916. The third-order valence-corrected chi connectivity index (χ3v) is 3.59. The lowest BCUT2D eigenvalue weighted by Gasteiger charge is -2.26. The molecule has 1 aromatic rings. The van der Waals surface area contributed by atoms with E-state index in [0.717, 1.165) is 17.9 Å². The van der Waals surface area contributed by atoms with Crippen LogP contribution in [0.4, 0.5) is 0 Å². The predicted octanol–water partition coefficient (Wildman–Crippen LogP) is 2.44. The molecule has 1 aromatic carbocycles. The van der Waals surface area contributed by atoms with Crippen LogP contribution in [-0.2, 0) is 16.9 Å². The molecule has 1 N–H and O–H groups in total. The van der Waals surface area contributed by atoms with Crippen LogP contribution in [0.2, 0.25) is 0 Å². The van der Waals surface area contributed by atoms with Crippen molar-refractivity contribution in [1.82, 2.24) is 5.32 Å². The molecule has 0 bridgehead atoms. The molecule has 1 atom stereocenters. The van der Waals surface area contributed by atoms with Gasteiger partial charge in [-0.2, -0.15) is 0 Å². The number of hydrogen-bond acceptors (Lipinski definition) is 3. The molecule has 1 unspecified atom stereocenters. The second-order valence-electron chi connectivity index (χ2n) is 4.82. The fraction of sp³-hybridized carbons (Fsp3) is 0.571. The maximum absolute atomic E-state index is 5.44. The summed E-state index contributed by atoms with van der Waals surface area (Å²) < 4.78 is 10.6. The molecule has 1 heterocycles. The average molecular weight is 235 g/mol. The molecule has 1 saturated heterocycles. The maximum atomic E-state index is 5.44. The monoisotopic (exact) mass is 235 g/mol. The second-order valence-corrected chi connectivity index (χ2v) is 4.82. The first-order valence-electron chi connectivity index (χ1n) is 6.11. The van der Waals surface area contributed by atoms with Gasteiger partial charge in [0.25, 0.3) is 0 Å². The Balaban J connectivity index is 2.30. The molecule has 1 aliphatic rings. The van der Waals surface area contributed by atoms with Crippen LogP contribution in [0, 0.1) is 0 Å². The van der Waals surface area contributed by atoms with Crippen LogP contribution in [0.25, 0.3) is 0 Å². The topological polar surface area (TPSA) is 30.5 Å². The van der Waals surface area contributed by atoms with Gasteiger partial charge in [0.1, 0.15) is 5.75 Å². The zero-order chi connectivity index (χ0) is 12.3. The number of hydrogen-bond donors (Lipinski definition) is 1. The molecule has 1 aliphatic heterocycles. The van der Waals surface area contributed by atoms with Gasteiger partial charge in [0, 0.05) is 18.2 Å². The van der Waals surface area contributed by atoms with Gasteiger partial charge in [0.15, 0.2) is 0 Å². The fourth-order valence-electron chi connectivity index (χ4n) is 2.50. The van der Waals surface area contributed by atoms with E-state index in [2.05, 4.69) is 30.4 Å². The summed E-state index contributed by atoms with van der Waals surface area (Å²) in [7, 11) is 3.41. The molecule has 17 heavy (non-hydrogen) atoms. The molecule has 94 valence electrons. The van der Waals surface area contributed by atoms with E-state index >= 15 is 0 Å². The van der Waals surface area contributed by atoms with Crippen molar-refractivity contribution < 1.29 is 9.47 Å². The van der Waals surface area contributed by atoms with Crippen molar-refractivity contribution in [2.45, 2.75) is 31.9 Å². The third-order valence-electron chi connectivity index (χ3n) is 3.59. The Hall–Kier alpha value is -1.06. The molecular weight excluding hydrogens is 214 g/mol. The van der Waals surface area contributed by atoms with Gasteiger partial charge in [0.2, 0.25) is 0 Å². The summed E-state index contributed by atoms with van der Waals surface area (Å²) in [6.45, 7) is 3.94. The maximum Gasteiger partial charge on any atom is 0.124 e. The van der Waals surface area contributed by atoms with Crippen LogP contribution in [0.5, 0.6) is 5.75 Å². The Kier molecular flexibility index (Phi) is 3.69. The van der Waals surface area contributed by atoms with Crippen molar-refractivity contribution in [3.8, 4) is 5.75 Å². The quantitative estimate of drug-likeness (QED) is 0.869. The standard InChI is InChI=1S/C14H21NO2/c1-14(7-4-8-15-14)12-6-5-11(10-16-2)13(9-12)17-3/h5-6,9,15H,4,7-8,10H2,1-3H3. The number of benzene rings is 1. The smallest absolute Gasteiger partial charge is 0.124 e. The highest BCUT2D eigenvalue weighted by atomic mass is 16.5. The van der Waals surface area contributed by atoms with Crippen LogP contribution in [0.3, 0.4) is 0 Å². The molecule has 0 radical (unpaired) electrons. The first kappa shape index (κ1) is 12.4. The highest BCUT2D eigenvalue weighted by Crippen LogP contribution is 2.33. The molecular formula is C14H21NO2. The Morgan fingerprint density at radius 1 is 1.35 bits per heavy atom. The zero-order valence-corrected chi connectivity index (χ0v) is 10.9. The molecule has 1 fully saturated rings. The van der Waals surface area contributed by atoms with Crippen molar-refractivity contribution in [1.29, 1.82) is 0 Å². The number of ether oxygens (including phenoxy) is 2. The summed E-state index contributed by atoms with van der Waals surface area (Å²) in [5.41, 5.74) is 2.49. The first-order chi connectivity index (χ1) is 8.19. The van der Waals surface area contributed by atoms with E-state index in [1.807, 2.05) is 0 Å². The molecule has 3 nitrogen and oxygen atoms in total. The van der Waals surface area contributed by atoms with Crippen LogP contribution < -0.4 is 10.1 Å². The molecule has 0 spiro atoms. The van der Waals surface area contributed by atoms with Crippen LogP contribution >= 0.6 is 0 Å². The van der Waals surface area contributed by atoms with Crippen LogP contribution in [0.15, 0.2) is 18.2 Å². The molecule has 0 aromatic heterocycles. The van der Waals surface area contributed by atoms with Crippen molar-refractivity contribution in [3.63, 3.8) is 0 Å². The van der Waals surface area contributed by atoms with Gasteiger partial charge in [-0.25, -0.2) is 0 Å². The summed E-state index contributed by atoms with van der Waals surface area (Å²) in [6.07, 6.45) is 2.42. The van der Waals surface area contributed by atoms with Gasteiger partial charge in [0.05, 0.1) is 13.7 Å².